The molecule has 0 aliphatic carbocycles. The van der Waals surface area contributed by atoms with Gasteiger partial charge in [0.25, 0.3) is 5.91 Å². The van der Waals surface area contributed by atoms with Gasteiger partial charge in [-0.15, -0.1) is 0 Å². The van der Waals surface area contributed by atoms with Crippen LogP contribution in [-0.2, 0) is 9.59 Å². The molecule has 2 N–H and O–H groups in total. The summed E-state index contributed by atoms with van der Waals surface area (Å²) in [6.07, 6.45) is 5.40. The van der Waals surface area contributed by atoms with Crippen molar-refractivity contribution in [3.8, 4) is 0 Å². The maximum absolute atomic E-state index is 12.1. The zero-order chi connectivity index (χ0) is 13.2. The molecule has 0 spiro atoms. The van der Waals surface area contributed by atoms with Crippen LogP contribution in [0.3, 0.4) is 0 Å². The zero-order valence-corrected chi connectivity index (χ0v) is 11.0. The first-order chi connectivity index (χ1) is 9.22. The lowest BCUT2D eigenvalue weighted by molar-refractivity contribution is -0.121. The highest BCUT2D eigenvalue weighted by atomic mass is 16.2. The third kappa shape index (κ3) is 2.78. The fourth-order valence-electron chi connectivity index (χ4n) is 3.26. The summed E-state index contributed by atoms with van der Waals surface area (Å²) in [6, 6.07) is 0.902. The van der Waals surface area contributed by atoms with Crippen molar-refractivity contribution < 1.29 is 9.59 Å². The van der Waals surface area contributed by atoms with Crippen molar-refractivity contribution in [3.05, 3.63) is 0 Å². The molecule has 6 heteroatoms. The van der Waals surface area contributed by atoms with E-state index in [1.165, 1.54) is 19.4 Å². The first-order valence-electron chi connectivity index (χ1n) is 7.12. The second-order valence-electron chi connectivity index (χ2n) is 5.62. The van der Waals surface area contributed by atoms with E-state index in [2.05, 4.69) is 20.7 Å². The second kappa shape index (κ2) is 5.28. The molecule has 0 bridgehead atoms. The van der Waals surface area contributed by atoms with Gasteiger partial charge in [-0.25, -0.2) is 5.43 Å². The van der Waals surface area contributed by atoms with Gasteiger partial charge in [-0.2, -0.15) is 5.10 Å². The predicted octanol–water partition coefficient (Wildman–Crippen LogP) is -0.00460. The molecule has 0 aromatic rings. The van der Waals surface area contributed by atoms with E-state index in [1.807, 2.05) is 0 Å². The normalized spacial score (nSPS) is 31.4. The number of fused-ring (bicyclic) bond motifs is 1. The number of rotatable bonds is 2. The highest BCUT2D eigenvalue weighted by molar-refractivity contribution is 6.39. The lowest BCUT2D eigenvalue weighted by Gasteiger charge is -2.35. The molecule has 3 heterocycles. The number of carbonyl (C=O) groups excluding carboxylic acids is 2. The Morgan fingerprint density at radius 3 is 3.00 bits per heavy atom. The van der Waals surface area contributed by atoms with E-state index in [0.29, 0.717) is 24.6 Å². The average Bonchev–Trinajstić information content (AvgIpc) is 2.87. The van der Waals surface area contributed by atoms with E-state index in [4.69, 9.17) is 0 Å². The van der Waals surface area contributed by atoms with Gasteiger partial charge in [0.1, 0.15) is 5.71 Å². The van der Waals surface area contributed by atoms with Crippen LogP contribution in [0.25, 0.3) is 0 Å². The van der Waals surface area contributed by atoms with Crippen molar-refractivity contribution in [3.63, 3.8) is 0 Å². The summed E-state index contributed by atoms with van der Waals surface area (Å²) in [7, 11) is 0. The Morgan fingerprint density at radius 1 is 1.32 bits per heavy atom. The Morgan fingerprint density at radius 2 is 2.21 bits per heavy atom. The molecule has 104 valence electrons. The standard InChI is InChI=1S/C13H20N4O2/c18-12-4-3-11(15-16-12)13(19)14-9-5-7-17-6-1-2-10(17)8-9/h9-10H,1-8H2,(H,14,19)(H,16,18). The van der Waals surface area contributed by atoms with Crippen LogP contribution in [0.1, 0.15) is 38.5 Å². The topological polar surface area (TPSA) is 73.8 Å². The fourth-order valence-corrected chi connectivity index (χ4v) is 3.26. The van der Waals surface area contributed by atoms with Gasteiger partial charge in [-0.1, -0.05) is 0 Å². The molecule has 19 heavy (non-hydrogen) atoms. The molecule has 2 saturated heterocycles. The third-order valence-electron chi connectivity index (χ3n) is 4.32. The van der Waals surface area contributed by atoms with Gasteiger partial charge in [0.05, 0.1) is 0 Å². The Kier molecular flexibility index (Phi) is 3.50. The second-order valence-corrected chi connectivity index (χ2v) is 5.62. The SMILES string of the molecule is O=C1CCC(C(=O)NC2CCN3CCCC3C2)=NN1. The molecule has 3 aliphatic rings. The average molecular weight is 264 g/mol. The van der Waals surface area contributed by atoms with Crippen LogP contribution >= 0.6 is 0 Å². The molecule has 0 aromatic carbocycles. The minimum atomic E-state index is -0.115. The van der Waals surface area contributed by atoms with Crippen molar-refractivity contribution in [2.45, 2.75) is 50.6 Å². The molecule has 2 unspecified atom stereocenters. The summed E-state index contributed by atoms with van der Waals surface area (Å²) in [4.78, 5) is 25.6. The summed E-state index contributed by atoms with van der Waals surface area (Å²) in [5.41, 5.74) is 2.82. The fraction of sp³-hybridized carbons (Fsp3) is 0.769. The molecule has 0 aromatic heterocycles. The summed E-state index contributed by atoms with van der Waals surface area (Å²) < 4.78 is 0. The number of hydrogen-bond donors (Lipinski definition) is 2. The smallest absolute Gasteiger partial charge is 0.267 e. The first kappa shape index (κ1) is 12.6. The number of nitrogens with one attached hydrogen (secondary N) is 2. The van der Waals surface area contributed by atoms with Crippen LogP contribution < -0.4 is 10.7 Å². The van der Waals surface area contributed by atoms with Crippen molar-refractivity contribution in [2.24, 2.45) is 5.10 Å². The van der Waals surface area contributed by atoms with Crippen LogP contribution in [0, 0.1) is 0 Å². The number of hydrazone groups is 1. The van der Waals surface area contributed by atoms with Crippen LogP contribution in [0.4, 0.5) is 0 Å². The number of hydrogen-bond acceptors (Lipinski definition) is 4. The maximum Gasteiger partial charge on any atom is 0.267 e. The lowest BCUT2D eigenvalue weighted by Crippen LogP contribution is -2.49. The van der Waals surface area contributed by atoms with Crippen molar-refractivity contribution >= 4 is 17.5 Å². The van der Waals surface area contributed by atoms with Gasteiger partial charge in [-0.3, -0.25) is 9.59 Å². The van der Waals surface area contributed by atoms with Gasteiger partial charge >= 0.3 is 0 Å². The number of piperidine rings is 1. The van der Waals surface area contributed by atoms with Crippen LogP contribution in [0.5, 0.6) is 0 Å². The Hall–Kier alpha value is -1.43. The van der Waals surface area contributed by atoms with Gasteiger partial charge in [-0.05, 0) is 32.2 Å². The quantitative estimate of drug-likeness (QED) is 0.737. The third-order valence-corrected chi connectivity index (χ3v) is 4.32. The number of carbonyl (C=O) groups is 2. The highest BCUT2D eigenvalue weighted by Gasteiger charge is 2.32. The summed E-state index contributed by atoms with van der Waals surface area (Å²) in [5.74, 6) is -0.229. The molecule has 3 rings (SSSR count). The monoisotopic (exact) mass is 264 g/mol. The summed E-state index contributed by atoms with van der Waals surface area (Å²) >= 11 is 0. The van der Waals surface area contributed by atoms with Gasteiger partial charge in [0.2, 0.25) is 5.91 Å². The van der Waals surface area contributed by atoms with Crippen LogP contribution in [0.15, 0.2) is 5.10 Å². The van der Waals surface area contributed by atoms with Gasteiger partial charge in [0, 0.05) is 31.5 Å². The number of amides is 2. The first-order valence-corrected chi connectivity index (χ1v) is 7.12. The van der Waals surface area contributed by atoms with E-state index in [0.717, 1.165) is 19.4 Å². The molecule has 2 amide bonds. The summed E-state index contributed by atoms with van der Waals surface area (Å²) in [6.45, 7) is 2.29. The molecule has 2 fully saturated rings. The van der Waals surface area contributed by atoms with Crippen LogP contribution in [-0.4, -0.2) is 47.6 Å². The molecule has 6 nitrogen and oxygen atoms in total. The van der Waals surface area contributed by atoms with Crippen molar-refractivity contribution in [1.82, 2.24) is 15.6 Å². The molecule has 0 radical (unpaired) electrons. The lowest BCUT2D eigenvalue weighted by atomic mass is 9.97. The Labute approximate surface area is 112 Å². The molecule has 2 atom stereocenters. The van der Waals surface area contributed by atoms with E-state index < -0.39 is 0 Å². The van der Waals surface area contributed by atoms with Gasteiger partial charge < -0.3 is 10.2 Å². The van der Waals surface area contributed by atoms with E-state index >= 15 is 0 Å². The van der Waals surface area contributed by atoms with Crippen molar-refractivity contribution in [2.75, 3.05) is 13.1 Å². The van der Waals surface area contributed by atoms with Gasteiger partial charge in [0.15, 0.2) is 0 Å². The minimum absolute atomic E-state index is 0.114. The largest absolute Gasteiger partial charge is 0.348 e. The molecular formula is C13H20N4O2. The highest BCUT2D eigenvalue weighted by Crippen LogP contribution is 2.26. The number of nitrogens with zero attached hydrogens (tertiary/aromatic N) is 2. The van der Waals surface area contributed by atoms with E-state index in [-0.39, 0.29) is 17.9 Å². The van der Waals surface area contributed by atoms with Crippen LogP contribution in [0.2, 0.25) is 0 Å². The maximum atomic E-state index is 12.1. The Balaban J connectivity index is 1.54. The van der Waals surface area contributed by atoms with E-state index in [1.54, 1.807) is 0 Å². The minimum Gasteiger partial charge on any atom is -0.348 e. The molecule has 0 saturated carbocycles. The molecular weight excluding hydrogens is 244 g/mol. The van der Waals surface area contributed by atoms with Crippen molar-refractivity contribution in [1.29, 1.82) is 0 Å². The van der Waals surface area contributed by atoms with E-state index in [9.17, 15) is 9.59 Å². The Bertz CT molecular complexity index is 421. The zero-order valence-electron chi connectivity index (χ0n) is 11.0. The summed E-state index contributed by atoms with van der Waals surface area (Å²) in [5, 5.41) is 6.91. The molecule has 3 aliphatic heterocycles. The predicted molar refractivity (Wildman–Crippen MR) is 70.6 cm³/mol.